The number of nitrogens with one attached hydrogen (secondary N) is 1. The van der Waals surface area contributed by atoms with Crippen LogP contribution in [0.3, 0.4) is 0 Å². The summed E-state index contributed by atoms with van der Waals surface area (Å²) in [6.45, 7) is 3.24. The highest BCUT2D eigenvalue weighted by atomic mass is 35.5. The van der Waals surface area contributed by atoms with Crippen LogP contribution in [0.1, 0.15) is 28.4 Å². The fourth-order valence-electron chi connectivity index (χ4n) is 3.75. The number of hydrogen-bond acceptors (Lipinski definition) is 1. The Balaban J connectivity index is 1.98. The van der Waals surface area contributed by atoms with Gasteiger partial charge in [-0.2, -0.15) is 0 Å². The Morgan fingerprint density at radius 3 is 2.77 bits per heavy atom. The molecule has 0 saturated heterocycles. The molecule has 1 N–H and O–H groups in total. The quantitative estimate of drug-likeness (QED) is 0.690. The van der Waals surface area contributed by atoms with E-state index in [2.05, 4.69) is 54.2 Å². The van der Waals surface area contributed by atoms with Crippen molar-refractivity contribution in [1.82, 2.24) is 9.88 Å². The standard InChI is InChI=1S/C19H19ClN2/c1-12-6-5-9-16-17(12)14-10-11-22(2)19(18(14)21-16)13-7-3-4-8-15(13)20/h3-9,19,21H,10-11H2,1-2H3. The molecule has 3 aromatic rings. The molecule has 0 bridgehead atoms. The Hall–Kier alpha value is -1.77. The number of rotatable bonds is 1. The van der Waals surface area contributed by atoms with E-state index >= 15 is 0 Å². The number of benzene rings is 2. The van der Waals surface area contributed by atoms with Crippen LogP contribution in [-0.4, -0.2) is 23.5 Å². The maximum Gasteiger partial charge on any atom is 0.0769 e. The summed E-state index contributed by atoms with van der Waals surface area (Å²) in [6.07, 6.45) is 1.08. The van der Waals surface area contributed by atoms with Crippen molar-refractivity contribution in [2.24, 2.45) is 0 Å². The lowest BCUT2D eigenvalue weighted by Gasteiger charge is -2.33. The second kappa shape index (κ2) is 5.15. The Labute approximate surface area is 135 Å². The molecule has 3 heteroatoms. The van der Waals surface area contributed by atoms with E-state index in [1.807, 2.05) is 12.1 Å². The van der Waals surface area contributed by atoms with E-state index in [0.29, 0.717) is 0 Å². The second-order valence-electron chi connectivity index (χ2n) is 6.17. The van der Waals surface area contributed by atoms with Crippen LogP contribution in [0.15, 0.2) is 42.5 Å². The molecule has 0 aliphatic carbocycles. The van der Waals surface area contributed by atoms with Gasteiger partial charge in [-0.1, -0.05) is 41.9 Å². The third-order valence-electron chi connectivity index (χ3n) is 4.80. The van der Waals surface area contributed by atoms with Crippen molar-refractivity contribution in [3.63, 3.8) is 0 Å². The van der Waals surface area contributed by atoms with E-state index in [4.69, 9.17) is 11.6 Å². The van der Waals surface area contributed by atoms with Gasteiger partial charge in [-0.15, -0.1) is 0 Å². The van der Waals surface area contributed by atoms with Crippen LogP contribution in [0.5, 0.6) is 0 Å². The molecule has 2 heterocycles. The van der Waals surface area contributed by atoms with Crippen LogP contribution in [0.25, 0.3) is 10.9 Å². The first-order valence-electron chi connectivity index (χ1n) is 7.71. The highest BCUT2D eigenvalue weighted by molar-refractivity contribution is 6.31. The average Bonchev–Trinajstić information content (AvgIpc) is 2.88. The molecule has 22 heavy (non-hydrogen) atoms. The van der Waals surface area contributed by atoms with Gasteiger partial charge in [0, 0.05) is 28.2 Å². The fourth-order valence-corrected chi connectivity index (χ4v) is 3.99. The van der Waals surface area contributed by atoms with E-state index in [0.717, 1.165) is 18.0 Å². The van der Waals surface area contributed by atoms with Gasteiger partial charge in [-0.05, 0) is 49.2 Å². The number of aromatic nitrogens is 1. The summed E-state index contributed by atoms with van der Waals surface area (Å²) in [5, 5.41) is 2.23. The molecule has 0 spiro atoms. The smallest absolute Gasteiger partial charge is 0.0769 e. The van der Waals surface area contributed by atoms with Gasteiger partial charge in [-0.3, -0.25) is 4.90 Å². The summed E-state index contributed by atoms with van der Waals surface area (Å²) < 4.78 is 0. The molecule has 1 aromatic heterocycles. The van der Waals surface area contributed by atoms with Crippen molar-refractivity contribution < 1.29 is 0 Å². The molecule has 0 radical (unpaired) electrons. The zero-order valence-electron chi connectivity index (χ0n) is 12.9. The van der Waals surface area contributed by atoms with Crippen LogP contribution in [0.2, 0.25) is 5.02 Å². The van der Waals surface area contributed by atoms with Crippen molar-refractivity contribution in [3.05, 3.63) is 69.9 Å². The second-order valence-corrected chi connectivity index (χ2v) is 6.58. The van der Waals surface area contributed by atoms with Crippen molar-refractivity contribution >= 4 is 22.5 Å². The molecular weight excluding hydrogens is 292 g/mol. The van der Waals surface area contributed by atoms with Gasteiger partial charge in [0.2, 0.25) is 0 Å². The van der Waals surface area contributed by atoms with Crippen molar-refractivity contribution in [2.75, 3.05) is 13.6 Å². The monoisotopic (exact) mass is 310 g/mol. The molecule has 0 saturated carbocycles. The minimum absolute atomic E-state index is 0.198. The van der Waals surface area contributed by atoms with Gasteiger partial charge >= 0.3 is 0 Å². The summed E-state index contributed by atoms with van der Waals surface area (Å²) in [4.78, 5) is 6.05. The number of hydrogen-bond donors (Lipinski definition) is 1. The zero-order valence-corrected chi connectivity index (χ0v) is 13.6. The van der Waals surface area contributed by atoms with Gasteiger partial charge in [0.1, 0.15) is 0 Å². The van der Waals surface area contributed by atoms with Gasteiger partial charge in [0.15, 0.2) is 0 Å². The number of halogens is 1. The number of fused-ring (bicyclic) bond motifs is 3. The van der Waals surface area contributed by atoms with Gasteiger partial charge < -0.3 is 4.98 Å². The zero-order chi connectivity index (χ0) is 15.3. The number of aryl methyl sites for hydroxylation is 1. The third kappa shape index (κ3) is 1.98. The van der Waals surface area contributed by atoms with E-state index in [-0.39, 0.29) is 6.04 Å². The Bertz CT molecular complexity index is 850. The first kappa shape index (κ1) is 13.9. The minimum atomic E-state index is 0.198. The summed E-state index contributed by atoms with van der Waals surface area (Å²) in [5.41, 5.74) is 6.51. The van der Waals surface area contributed by atoms with Crippen molar-refractivity contribution in [2.45, 2.75) is 19.4 Å². The van der Waals surface area contributed by atoms with Crippen LogP contribution >= 0.6 is 11.6 Å². The van der Waals surface area contributed by atoms with E-state index in [9.17, 15) is 0 Å². The van der Waals surface area contributed by atoms with Crippen LogP contribution < -0.4 is 0 Å². The molecule has 2 nitrogen and oxygen atoms in total. The summed E-state index contributed by atoms with van der Waals surface area (Å²) in [5.74, 6) is 0. The van der Waals surface area contributed by atoms with E-state index < -0.39 is 0 Å². The fraction of sp³-hybridized carbons (Fsp3) is 0.263. The first-order valence-corrected chi connectivity index (χ1v) is 8.09. The van der Waals surface area contributed by atoms with E-state index in [1.54, 1.807) is 0 Å². The molecule has 1 unspecified atom stereocenters. The van der Waals surface area contributed by atoms with Crippen molar-refractivity contribution in [3.8, 4) is 0 Å². The molecule has 0 amide bonds. The molecule has 2 aromatic carbocycles. The van der Waals surface area contributed by atoms with Gasteiger partial charge in [0.25, 0.3) is 0 Å². The summed E-state index contributed by atoms with van der Waals surface area (Å²) in [7, 11) is 2.18. The van der Waals surface area contributed by atoms with Crippen LogP contribution in [0, 0.1) is 6.92 Å². The number of H-pyrrole nitrogens is 1. The summed E-state index contributed by atoms with van der Waals surface area (Å²) in [6, 6.07) is 14.9. The lowest BCUT2D eigenvalue weighted by Crippen LogP contribution is -2.32. The maximum atomic E-state index is 6.48. The molecule has 1 aliphatic heterocycles. The van der Waals surface area contributed by atoms with Gasteiger partial charge in [0.05, 0.1) is 6.04 Å². The normalized spacial score (nSPS) is 18.6. The summed E-state index contributed by atoms with van der Waals surface area (Å²) >= 11 is 6.48. The average molecular weight is 311 g/mol. The topological polar surface area (TPSA) is 19.0 Å². The van der Waals surface area contributed by atoms with Crippen LogP contribution in [-0.2, 0) is 6.42 Å². The SMILES string of the molecule is Cc1cccc2[nH]c3c(c12)CCN(C)C3c1ccccc1Cl. The van der Waals surface area contributed by atoms with Crippen LogP contribution in [0.4, 0.5) is 0 Å². The molecular formula is C19H19ClN2. The number of likely N-dealkylation sites (N-methyl/N-ethyl adjacent to an activating group) is 1. The first-order chi connectivity index (χ1) is 10.7. The molecule has 112 valence electrons. The Morgan fingerprint density at radius 2 is 1.95 bits per heavy atom. The van der Waals surface area contributed by atoms with Gasteiger partial charge in [-0.25, -0.2) is 0 Å². The predicted molar refractivity (Wildman–Crippen MR) is 92.7 cm³/mol. The molecule has 1 aliphatic rings. The Morgan fingerprint density at radius 1 is 1.14 bits per heavy atom. The number of aromatic amines is 1. The largest absolute Gasteiger partial charge is 0.357 e. The lowest BCUT2D eigenvalue weighted by molar-refractivity contribution is 0.262. The van der Waals surface area contributed by atoms with Crippen molar-refractivity contribution in [1.29, 1.82) is 0 Å². The predicted octanol–water partition coefficient (Wildman–Crippen LogP) is 4.71. The highest BCUT2D eigenvalue weighted by Crippen LogP contribution is 2.40. The molecule has 0 fully saturated rings. The minimum Gasteiger partial charge on any atom is -0.357 e. The Kier molecular flexibility index (Phi) is 3.24. The molecule has 4 rings (SSSR count). The maximum absolute atomic E-state index is 6.48. The number of nitrogens with zero attached hydrogens (tertiary/aromatic N) is 1. The highest BCUT2D eigenvalue weighted by Gasteiger charge is 2.30. The van der Waals surface area contributed by atoms with E-state index in [1.165, 1.54) is 33.3 Å². The lowest BCUT2D eigenvalue weighted by atomic mass is 9.92. The third-order valence-corrected chi connectivity index (χ3v) is 5.14. The molecule has 1 atom stereocenters.